The van der Waals surface area contributed by atoms with Crippen LogP contribution in [-0.4, -0.2) is 170 Å². The van der Waals surface area contributed by atoms with Gasteiger partial charge in [0.05, 0.1) is 25.6 Å². The number of benzene rings is 2. The highest BCUT2D eigenvalue weighted by Crippen LogP contribution is 2.23. The number of thioether (sulfide) groups is 1. The van der Waals surface area contributed by atoms with Crippen LogP contribution < -0.4 is 43.0 Å². The van der Waals surface area contributed by atoms with E-state index in [9.17, 15) is 58.2 Å². The van der Waals surface area contributed by atoms with Crippen molar-refractivity contribution in [1.29, 1.82) is 0 Å². The first-order chi connectivity index (χ1) is 34.4. The lowest BCUT2D eigenvalue weighted by Gasteiger charge is -2.30. The first-order valence-corrected chi connectivity index (χ1v) is 25.5. The van der Waals surface area contributed by atoms with E-state index >= 15 is 0 Å². The molecule has 0 aliphatic carbocycles. The molecule has 0 saturated carbocycles. The predicted octanol–water partition coefficient (Wildman–Crippen LogP) is -1.42. The zero-order chi connectivity index (χ0) is 52.5. The molecule has 1 saturated heterocycles. The highest BCUT2D eigenvalue weighted by atomic mass is 32.2. The largest absolute Gasteiger partial charge is 0.481 e. The highest BCUT2D eigenvalue weighted by Gasteiger charge is 2.40. The number of carbonyl (C=O) groups is 10. The molecule has 0 unspecified atom stereocenters. The minimum absolute atomic E-state index is 0.00632. The summed E-state index contributed by atoms with van der Waals surface area (Å²) in [5.74, 6) is -9.01. The number of aromatic nitrogens is 2. The van der Waals surface area contributed by atoms with Crippen molar-refractivity contribution in [3.05, 3.63) is 72.1 Å². The number of fused-ring (bicyclic) bond motifs is 2. The number of nitrogens with two attached hydrogens (primary N) is 1. The summed E-state index contributed by atoms with van der Waals surface area (Å²) in [5.41, 5.74) is 8.55. The Bertz CT molecular complexity index is 2630. The number of nitrogens with zero attached hydrogens (tertiary/aromatic N) is 1. The van der Waals surface area contributed by atoms with Gasteiger partial charge in [0.1, 0.15) is 36.3 Å². The van der Waals surface area contributed by atoms with Crippen LogP contribution >= 0.6 is 37.0 Å². The summed E-state index contributed by atoms with van der Waals surface area (Å²) in [5, 5.41) is 38.2. The molecule has 388 valence electrons. The molecule has 3 heterocycles. The number of carboxylic acids is 2. The number of carboxylic acid groups (broad SMARTS) is 2. The second-order valence-electron chi connectivity index (χ2n) is 16.9. The maximum atomic E-state index is 14.1. The number of amides is 8. The topological polar surface area (TPSA) is 356 Å². The molecule has 0 radical (unpaired) electrons. The monoisotopic (exact) mass is 1050 g/mol. The lowest BCUT2D eigenvalue weighted by atomic mass is 10.0. The molecule has 0 spiro atoms. The highest BCUT2D eigenvalue weighted by molar-refractivity contribution is 7.98. The van der Waals surface area contributed by atoms with Crippen LogP contribution in [0.25, 0.3) is 21.8 Å². The van der Waals surface area contributed by atoms with Crippen LogP contribution in [0.3, 0.4) is 0 Å². The SMILES string of the molecule is CSCC[C@H](NC(=O)[C@@H](N)CS)C(=O)N[C@@H](CC(=O)O)C(=O)N1CCC[C@H]1C(=O)N[C@@H](Cc1c[nH]c2ccccc12)C(=O)NCC(=O)NCC(=O)N[C@@H](Cc1c[nH]c2ccccc12)C(=O)N[C@@H](CS)C(=O)O. The summed E-state index contributed by atoms with van der Waals surface area (Å²) in [4.78, 5) is 139. The first kappa shape index (κ1) is 56.1. The molecular weight excluding hydrogens is 995 g/mol. The Morgan fingerprint density at radius 2 is 1.25 bits per heavy atom. The van der Waals surface area contributed by atoms with Crippen molar-refractivity contribution in [2.45, 2.75) is 80.8 Å². The van der Waals surface area contributed by atoms with Gasteiger partial charge in [0, 0.05) is 65.1 Å². The van der Waals surface area contributed by atoms with Gasteiger partial charge in [-0.2, -0.15) is 37.0 Å². The first-order valence-electron chi connectivity index (χ1n) is 22.8. The fourth-order valence-corrected chi connectivity index (χ4v) is 8.86. The van der Waals surface area contributed by atoms with Crippen molar-refractivity contribution < 1.29 is 58.2 Å². The minimum atomic E-state index is -1.65. The molecule has 13 N–H and O–H groups in total. The second kappa shape index (κ2) is 27.2. The number of aliphatic carboxylic acids is 2. The molecule has 4 aromatic rings. The molecule has 0 bridgehead atoms. The van der Waals surface area contributed by atoms with Gasteiger partial charge >= 0.3 is 11.9 Å². The molecule has 23 nitrogen and oxygen atoms in total. The maximum Gasteiger partial charge on any atom is 0.327 e. The quantitative estimate of drug-likeness (QED) is 0.0305. The molecule has 26 heteroatoms. The lowest BCUT2D eigenvalue weighted by Crippen LogP contribution is -2.59. The number of aromatic amines is 2. The van der Waals surface area contributed by atoms with Gasteiger partial charge in [0.25, 0.3) is 0 Å². The lowest BCUT2D eigenvalue weighted by molar-refractivity contribution is -0.146. The van der Waals surface area contributed by atoms with E-state index in [2.05, 4.69) is 72.4 Å². The Morgan fingerprint density at radius 1 is 0.694 bits per heavy atom. The Kier molecular flexibility index (Phi) is 21.2. The Hall–Kier alpha value is -6.77. The standard InChI is InChI=1S/C46H59N11O12S3/c1-72-14-12-31(53-40(62)28(47)22-70)42(64)55-34(17-39(60)61)45(67)57-13-6-11-36(57)44(66)54-32(15-24-18-48-29-9-4-2-7-26(24)29)41(63)51-20-37(58)50-21-38(59)52-33(43(65)56-35(23-71)46(68)69)16-25-19-49-30-10-5-3-8-27(25)30/h2-5,7-10,18-19,28,31-36,48-49,70-71H,6,11-17,20-23,47H2,1H3,(H,50,58)(H,51,63)(H,52,59)(H,53,62)(H,54,66)(H,55,64)(H,56,65)(H,60,61)(H,68,69)/t28-,31-,32-,33-,34-,35-,36-/m0/s1. The number of carbonyl (C=O) groups excluding carboxylic acids is 8. The molecule has 5 rings (SSSR count). The number of rotatable bonds is 27. The average molecular weight is 1050 g/mol. The van der Waals surface area contributed by atoms with E-state index in [1.807, 2.05) is 24.3 Å². The van der Waals surface area contributed by atoms with E-state index in [0.717, 1.165) is 26.7 Å². The smallest absolute Gasteiger partial charge is 0.327 e. The van der Waals surface area contributed by atoms with Gasteiger partial charge in [-0.15, -0.1) is 0 Å². The summed E-state index contributed by atoms with van der Waals surface area (Å²) in [7, 11) is 0. The number of nitrogens with one attached hydrogen (secondary N) is 9. The zero-order valence-corrected chi connectivity index (χ0v) is 41.7. The average Bonchev–Trinajstić information content (AvgIpc) is 4.13. The van der Waals surface area contributed by atoms with Gasteiger partial charge in [-0.25, -0.2) is 4.79 Å². The van der Waals surface area contributed by atoms with Crippen molar-refractivity contribution in [2.75, 3.05) is 43.1 Å². The number of hydrogen-bond acceptors (Lipinski definition) is 14. The van der Waals surface area contributed by atoms with Crippen molar-refractivity contribution >= 4 is 118 Å². The number of likely N-dealkylation sites (tertiary alicyclic amines) is 1. The minimum Gasteiger partial charge on any atom is -0.481 e. The van der Waals surface area contributed by atoms with Crippen molar-refractivity contribution in [3.8, 4) is 0 Å². The van der Waals surface area contributed by atoms with E-state index in [1.165, 1.54) is 11.8 Å². The molecule has 1 aliphatic heterocycles. The van der Waals surface area contributed by atoms with Crippen LogP contribution in [0.4, 0.5) is 0 Å². The van der Waals surface area contributed by atoms with E-state index in [4.69, 9.17) is 5.73 Å². The molecule has 1 fully saturated rings. The Morgan fingerprint density at radius 3 is 1.82 bits per heavy atom. The molecule has 2 aromatic carbocycles. The third kappa shape index (κ3) is 15.6. The zero-order valence-electron chi connectivity index (χ0n) is 39.1. The van der Waals surface area contributed by atoms with Crippen LogP contribution in [0, 0.1) is 0 Å². The van der Waals surface area contributed by atoms with Crippen LogP contribution in [-0.2, 0) is 60.8 Å². The molecule has 1 aliphatic rings. The van der Waals surface area contributed by atoms with Crippen LogP contribution in [0.5, 0.6) is 0 Å². The fourth-order valence-electron chi connectivity index (χ4n) is 7.98. The van der Waals surface area contributed by atoms with Crippen LogP contribution in [0.15, 0.2) is 60.9 Å². The number of para-hydroxylation sites is 2. The van der Waals surface area contributed by atoms with Gasteiger partial charge in [-0.3, -0.25) is 43.2 Å². The number of H-pyrrole nitrogens is 2. The molecule has 7 atom stereocenters. The van der Waals surface area contributed by atoms with Crippen LogP contribution in [0.2, 0.25) is 0 Å². The summed E-state index contributed by atoms with van der Waals surface area (Å²) < 4.78 is 0. The van der Waals surface area contributed by atoms with Gasteiger partial charge in [-0.05, 0) is 54.5 Å². The predicted molar refractivity (Wildman–Crippen MR) is 273 cm³/mol. The summed E-state index contributed by atoms with van der Waals surface area (Å²) in [6.45, 7) is -1.31. The maximum absolute atomic E-state index is 14.1. The number of thiol groups is 2. The Balaban J connectivity index is 1.26. The fraction of sp³-hybridized carbons (Fsp3) is 0.435. The molecular formula is C46H59N11O12S3. The van der Waals surface area contributed by atoms with E-state index in [1.54, 1.807) is 42.9 Å². The van der Waals surface area contributed by atoms with Gasteiger partial charge < -0.3 is 68.0 Å². The summed E-state index contributed by atoms with van der Waals surface area (Å²) in [6.07, 6.45) is 4.65. The van der Waals surface area contributed by atoms with Gasteiger partial charge in [0.2, 0.25) is 47.3 Å². The molecule has 8 amide bonds. The summed E-state index contributed by atoms with van der Waals surface area (Å²) in [6, 6.07) is 5.37. The van der Waals surface area contributed by atoms with Gasteiger partial charge in [-0.1, -0.05) is 36.4 Å². The van der Waals surface area contributed by atoms with E-state index in [-0.39, 0.29) is 43.7 Å². The van der Waals surface area contributed by atoms with Crippen molar-refractivity contribution in [1.82, 2.24) is 52.1 Å². The second-order valence-corrected chi connectivity index (χ2v) is 18.6. The van der Waals surface area contributed by atoms with E-state index < -0.39 is 121 Å². The van der Waals surface area contributed by atoms with Crippen LogP contribution in [0.1, 0.15) is 36.8 Å². The normalized spacial score (nSPS) is 15.8. The number of hydrogen-bond donors (Lipinski definition) is 14. The van der Waals surface area contributed by atoms with Crippen molar-refractivity contribution in [2.24, 2.45) is 5.73 Å². The summed E-state index contributed by atoms with van der Waals surface area (Å²) >= 11 is 9.41. The Labute approximate surface area is 428 Å². The third-order valence-electron chi connectivity index (χ3n) is 11.8. The molecule has 72 heavy (non-hydrogen) atoms. The van der Waals surface area contributed by atoms with Crippen molar-refractivity contribution in [3.63, 3.8) is 0 Å². The van der Waals surface area contributed by atoms with E-state index in [0.29, 0.717) is 23.3 Å². The van der Waals surface area contributed by atoms with Gasteiger partial charge in [0.15, 0.2) is 0 Å². The third-order valence-corrected chi connectivity index (χ3v) is 13.2. The molecule has 2 aromatic heterocycles.